The first-order chi connectivity index (χ1) is 9.22. The zero-order valence-electron chi connectivity index (χ0n) is 11.5. The third-order valence-electron chi connectivity index (χ3n) is 4.05. The molecule has 3 rings (SSSR count). The fourth-order valence-corrected chi connectivity index (χ4v) is 2.65. The molecule has 2 aromatic rings. The van der Waals surface area contributed by atoms with Crippen molar-refractivity contribution in [2.45, 2.75) is 32.7 Å². The van der Waals surface area contributed by atoms with Crippen LogP contribution in [0.2, 0.25) is 0 Å². The van der Waals surface area contributed by atoms with E-state index in [4.69, 9.17) is 0 Å². The molecule has 100 valence electrons. The molecule has 1 aromatic heterocycles. The predicted octanol–water partition coefficient (Wildman–Crippen LogP) is 3.11. The van der Waals surface area contributed by atoms with Gasteiger partial charge in [-0.1, -0.05) is 19.9 Å². The van der Waals surface area contributed by atoms with E-state index in [2.05, 4.69) is 53.6 Å². The topological polar surface area (TPSA) is 42.7 Å². The van der Waals surface area contributed by atoms with Gasteiger partial charge in [-0.3, -0.25) is 4.57 Å². The van der Waals surface area contributed by atoms with Crippen molar-refractivity contribution in [1.29, 1.82) is 0 Å². The van der Waals surface area contributed by atoms with Gasteiger partial charge in [-0.25, -0.2) is 0 Å². The van der Waals surface area contributed by atoms with Crippen LogP contribution in [-0.4, -0.2) is 20.8 Å². The number of benzene rings is 1. The number of rotatable bonds is 4. The molecule has 0 radical (unpaired) electrons. The van der Waals surface area contributed by atoms with Crippen LogP contribution in [0.4, 0.5) is 5.69 Å². The van der Waals surface area contributed by atoms with Crippen molar-refractivity contribution in [2.24, 2.45) is 11.8 Å². The van der Waals surface area contributed by atoms with Crippen LogP contribution in [0.25, 0.3) is 5.69 Å². The molecular formula is C15H20N4. The highest BCUT2D eigenvalue weighted by Gasteiger charge is 2.30. The summed E-state index contributed by atoms with van der Waals surface area (Å²) in [4.78, 5) is 0. The Bertz CT molecular complexity index is 527. The summed E-state index contributed by atoms with van der Waals surface area (Å²) in [6, 6.07) is 9.02. The lowest BCUT2D eigenvalue weighted by Crippen LogP contribution is -2.37. The number of nitrogens with one attached hydrogen (secondary N) is 1. The maximum absolute atomic E-state index is 3.84. The fourth-order valence-electron chi connectivity index (χ4n) is 2.65. The van der Waals surface area contributed by atoms with E-state index >= 15 is 0 Å². The number of nitrogens with zero attached hydrogens (tertiary/aromatic N) is 3. The van der Waals surface area contributed by atoms with Crippen molar-refractivity contribution in [3.63, 3.8) is 0 Å². The van der Waals surface area contributed by atoms with Crippen molar-refractivity contribution in [1.82, 2.24) is 14.8 Å². The molecule has 1 heterocycles. The molecule has 0 amide bonds. The second-order valence-electron chi connectivity index (χ2n) is 5.74. The van der Waals surface area contributed by atoms with Gasteiger partial charge in [-0.05, 0) is 42.9 Å². The lowest BCUT2D eigenvalue weighted by atomic mass is 9.73. The highest BCUT2D eigenvalue weighted by atomic mass is 15.2. The number of anilines is 1. The van der Waals surface area contributed by atoms with Gasteiger partial charge in [0.25, 0.3) is 0 Å². The normalized spacial score (nSPS) is 22.3. The van der Waals surface area contributed by atoms with Gasteiger partial charge in [0.15, 0.2) is 0 Å². The minimum Gasteiger partial charge on any atom is -0.382 e. The Hall–Kier alpha value is -1.84. The second kappa shape index (κ2) is 5.03. The molecule has 19 heavy (non-hydrogen) atoms. The summed E-state index contributed by atoms with van der Waals surface area (Å²) in [7, 11) is 0. The average Bonchev–Trinajstić information content (AvgIpc) is 2.87. The van der Waals surface area contributed by atoms with Crippen molar-refractivity contribution in [3.05, 3.63) is 36.9 Å². The van der Waals surface area contributed by atoms with Gasteiger partial charge in [-0.15, -0.1) is 10.2 Å². The first kappa shape index (κ1) is 12.2. The van der Waals surface area contributed by atoms with Crippen LogP contribution >= 0.6 is 0 Å². The molecule has 1 N–H and O–H groups in total. The molecule has 0 bridgehead atoms. The van der Waals surface area contributed by atoms with E-state index in [9.17, 15) is 0 Å². The summed E-state index contributed by atoms with van der Waals surface area (Å²) < 4.78 is 1.92. The minimum atomic E-state index is 0.628. The number of aromatic nitrogens is 3. The van der Waals surface area contributed by atoms with E-state index in [-0.39, 0.29) is 0 Å². The summed E-state index contributed by atoms with van der Waals surface area (Å²) in [6.07, 6.45) is 6.01. The molecule has 4 heteroatoms. The van der Waals surface area contributed by atoms with E-state index < -0.39 is 0 Å². The van der Waals surface area contributed by atoms with E-state index in [0.717, 1.165) is 17.5 Å². The van der Waals surface area contributed by atoms with Crippen LogP contribution in [0.5, 0.6) is 0 Å². The molecule has 0 unspecified atom stereocenters. The Morgan fingerprint density at radius 2 is 1.95 bits per heavy atom. The number of hydrogen-bond donors (Lipinski definition) is 1. The summed E-state index contributed by atoms with van der Waals surface area (Å²) in [5.74, 6) is 1.69. The molecule has 1 aliphatic rings. The predicted molar refractivity (Wildman–Crippen MR) is 76.3 cm³/mol. The van der Waals surface area contributed by atoms with Crippen molar-refractivity contribution >= 4 is 5.69 Å². The van der Waals surface area contributed by atoms with Gasteiger partial charge in [0.1, 0.15) is 12.7 Å². The van der Waals surface area contributed by atoms with E-state index in [1.54, 1.807) is 12.7 Å². The molecule has 0 aliphatic heterocycles. The molecule has 0 atom stereocenters. The van der Waals surface area contributed by atoms with Gasteiger partial charge in [0.05, 0.1) is 5.69 Å². The third kappa shape index (κ3) is 2.62. The Labute approximate surface area is 113 Å². The summed E-state index contributed by atoms with van der Waals surface area (Å²) in [6.45, 7) is 4.63. The van der Waals surface area contributed by atoms with Crippen molar-refractivity contribution in [2.75, 3.05) is 5.32 Å². The molecule has 1 aromatic carbocycles. The smallest absolute Gasteiger partial charge is 0.123 e. The van der Waals surface area contributed by atoms with Crippen LogP contribution in [0, 0.1) is 11.8 Å². The molecule has 1 saturated carbocycles. The zero-order valence-corrected chi connectivity index (χ0v) is 11.5. The van der Waals surface area contributed by atoms with Crippen molar-refractivity contribution in [3.8, 4) is 5.69 Å². The lowest BCUT2D eigenvalue weighted by Gasteiger charge is -2.39. The Morgan fingerprint density at radius 1 is 1.21 bits per heavy atom. The van der Waals surface area contributed by atoms with E-state index in [0.29, 0.717) is 6.04 Å². The van der Waals surface area contributed by atoms with Gasteiger partial charge in [0.2, 0.25) is 0 Å². The largest absolute Gasteiger partial charge is 0.382 e. The first-order valence-corrected chi connectivity index (χ1v) is 6.94. The summed E-state index contributed by atoms with van der Waals surface area (Å²) in [5, 5.41) is 11.3. The molecule has 0 saturated heterocycles. The van der Waals surface area contributed by atoms with Crippen LogP contribution in [0.15, 0.2) is 36.9 Å². The summed E-state index contributed by atoms with van der Waals surface area (Å²) in [5.41, 5.74) is 2.27. The third-order valence-corrected chi connectivity index (χ3v) is 4.05. The monoisotopic (exact) mass is 256 g/mol. The van der Waals surface area contributed by atoms with Gasteiger partial charge < -0.3 is 5.32 Å². The Balaban J connectivity index is 1.65. The molecule has 0 spiro atoms. The molecule has 4 nitrogen and oxygen atoms in total. The molecule has 1 aliphatic carbocycles. The lowest BCUT2D eigenvalue weighted by molar-refractivity contribution is 0.212. The Kier molecular flexibility index (Phi) is 3.23. The van der Waals surface area contributed by atoms with Crippen LogP contribution in [-0.2, 0) is 0 Å². The maximum atomic E-state index is 3.84. The highest BCUT2D eigenvalue weighted by Crippen LogP contribution is 2.35. The maximum Gasteiger partial charge on any atom is 0.123 e. The van der Waals surface area contributed by atoms with Crippen LogP contribution < -0.4 is 5.32 Å². The molecular weight excluding hydrogens is 236 g/mol. The highest BCUT2D eigenvalue weighted by molar-refractivity contribution is 5.51. The standard InChI is InChI=1S/C15H20N4/c1-11(2)12-6-14(7-12)18-13-4-3-5-15(8-13)19-9-16-17-10-19/h3-5,8-12,14,18H,6-7H2,1-2H3. The number of hydrogen-bond acceptors (Lipinski definition) is 3. The second-order valence-corrected chi connectivity index (χ2v) is 5.74. The minimum absolute atomic E-state index is 0.628. The van der Waals surface area contributed by atoms with Gasteiger partial charge >= 0.3 is 0 Å². The fraction of sp³-hybridized carbons (Fsp3) is 0.467. The van der Waals surface area contributed by atoms with Crippen LogP contribution in [0.3, 0.4) is 0 Å². The van der Waals surface area contributed by atoms with E-state index in [1.165, 1.54) is 18.5 Å². The molecule has 1 fully saturated rings. The van der Waals surface area contributed by atoms with Crippen molar-refractivity contribution < 1.29 is 0 Å². The first-order valence-electron chi connectivity index (χ1n) is 6.94. The average molecular weight is 256 g/mol. The Morgan fingerprint density at radius 3 is 2.63 bits per heavy atom. The summed E-state index contributed by atoms with van der Waals surface area (Å²) >= 11 is 0. The van der Waals surface area contributed by atoms with E-state index in [1.807, 2.05) is 4.57 Å². The SMILES string of the molecule is CC(C)C1CC(Nc2cccc(-n3cnnc3)c2)C1. The van der Waals surface area contributed by atoms with Gasteiger partial charge in [0, 0.05) is 11.7 Å². The zero-order chi connectivity index (χ0) is 13.2. The van der Waals surface area contributed by atoms with Gasteiger partial charge in [-0.2, -0.15) is 0 Å². The quantitative estimate of drug-likeness (QED) is 0.914. The van der Waals surface area contributed by atoms with Crippen LogP contribution in [0.1, 0.15) is 26.7 Å².